The summed E-state index contributed by atoms with van der Waals surface area (Å²) in [6, 6.07) is 17.4. The summed E-state index contributed by atoms with van der Waals surface area (Å²) >= 11 is 0. The second-order valence-electron chi connectivity index (χ2n) is 9.47. The Morgan fingerprint density at radius 3 is 2.40 bits per heavy atom. The molecule has 3 aromatic rings. The number of benzene rings is 2. The van der Waals surface area contributed by atoms with E-state index < -0.39 is 6.04 Å². The minimum absolute atomic E-state index is 0.0156. The van der Waals surface area contributed by atoms with Gasteiger partial charge in [0.1, 0.15) is 6.04 Å². The van der Waals surface area contributed by atoms with Crippen LogP contribution in [0.3, 0.4) is 0 Å². The number of piperazine rings is 1. The summed E-state index contributed by atoms with van der Waals surface area (Å²) in [5.74, 6) is 1.24. The van der Waals surface area contributed by atoms with Gasteiger partial charge in [-0.05, 0) is 36.1 Å². The molecule has 8 heteroatoms. The molecule has 1 atom stereocenters. The molecule has 1 aliphatic heterocycles. The molecule has 0 aliphatic carbocycles. The molecule has 35 heavy (non-hydrogen) atoms. The number of hydrogen-bond donors (Lipinski definition) is 1. The maximum atomic E-state index is 13.0. The Labute approximate surface area is 206 Å². The maximum absolute atomic E-state index is 13.0. The van der Waals surface area contributed by atoms with Crippen LogP contribution in [0.15, 0.2) is 59.1 Å². The zero-order chi connectivity index (χ0) is 24.8. The van der Waals surface area contributed by atoms with Crippen LogP contribution in [0.25, 0.3) is 22.8 Å². The molecule has 8 nitrogen and oxygen atoms in total. The number of hydrogen-bond acceptors (Lipinski definition) is 6. The Hall–Kier alpha value is -3.52. The van der Waals surface area contributed by atoms with Gasteiger partial charge in [0.15, 0.2) is 0 Å². The number of aromatic nitrogens is 2. The van der Waals surface area contributed by atoms with Crippen molar-refractivity contribution in [1.29, 1.82) is 0 Å². The Kier molecular flexibility index (Phi) is 7.92. The lowest BCUT2D eigenvalue weighted by Crippen LogP contribution is -2.54. The number of amides is 2. The van der Waals surface area contributed by atoms with Gasteiger partial charge in [-0.1, -0.05) is 55.4 Å². The number of nitrogens with one attached hydrogen (secondary N) is 1. The average Bonchev–Trinajstić information content (AvgIpc) is 3.34. The number of carbonyl (C=O) groups excluding carboxylic acids is 2. The smallest absolute Gasteiger partial charge is 0.258 e. The van der Waals surface area contributed by atoms with E-state index in [0.29, 0.717) is 37.1 Å². The summed E-state index contributed by atoms with van der Waals surface area (Å²) < 4.78 is 5.46. The van der Waals surface area contributed by atoms with Crippen LogP contribution in [-0.2, 0) is 16.1 Å². The van der Waals surface area contributed by atoms with Gasteiger partial charge < -0.3 is 14.7 Å². The van der Waals surface area contributed by atoms with E-state index in [9.17, 15) is 9.59 Å². The van der Waals surface area contributed by atoms with E-state index >= 15 is 0 Å². The molecule has 1 fully saturated rings. The maximum Gasteiger partial charge on any atom is 0.258 e. The summed E-state index contributed by atoms with van der Waals surface area (Å²) in [5, 5.41) is 6.99. The van der Waals surface area contributed by atoms with Gasteiger partial charge in [-0.2, -0.15) is 4.98 Å². The molecule has 1 N–H and O–H groups in total. The van der Waals surface area contributed by atoms with E-state index in [1.54, 1.807) is 0 Å². The van der Waals surface area contributed by atoms with Crippen LogP contribution in [0.5, 0.6) is 0 Å². The third-order valence-corrected chi connectivity index (χ3v) is 6.10. The Bertz CT molecular complexity index is 1140. The quantitative estimate of drug-likeness (QED) is 0.535. The van der Waals surface area contributed by atoms with Gasteiger partial charge in [0.25, 0.3) is 5.89 Å². The second-order valence-corrected chi connectivity index (χ2v) is 9.47. The molecule has 1 aliphatic rings. The lowest BCUT2D eigenvalue weighted by molar-refractivity contribution is -0.138. The van der Waals surface area contributed by atoms with Crippen molar-refractivity contribution in [2.45, 2.75) is 39.8 Å². The highest BCUT2D eigenvalue weighted by Crippen LogP contribution is 2.23. The van der Waals surface area contributed by atoms with Gasteiger partial charge in [0.2, 0.25) is 17.6 Å². The van der Waals surface area contributed by atoms with Gasteiger partial charge >= 0.3 is 0 Å². The van der Waals surface area contributed by atoms with Crippen LogP contribution in [0.1, 0.15) is 32.8 Å². The molecule has 0 bridgehead atoms. The monoisotopic (exact) mass is 475 g/mol. The van der Waals surface area contributed by atoms with Crippen molar-refractivity contribution >= 4 is 11.8 Å². The fourth-order valence-corrected chi connectivity index (χ4v) is 4.39. The van der Waals surface area contributed by atoms with E-state index in [2.05, 4.69) is 46.3 Å². The summed E-state index contributed by atoms with van der Waals surface area (Å²) in [4.78, 5) is 33.4. The molecule has 0 radical (unpaired) electrons. The highest BCUT2D eigenvalue weighted by Gasteiger charge is 2.28. The zero-order valence-electron chi connectivity index (χ0n) is 20.6. The zero-order valence-corrected chi connectivity index (χ0v) is 20.6. The van der Waals surface area contributed by atoms with Gasteiger partial charge in [0, 0.05) is 50.8 Å². The van der Waals surface area contributed by atoms with Crippen LogP contribution in [0.4, 0.5) is 0 Å². The fourth-order valence-electron chi connectivity index (χ4n) is 4.39. The van der Waals surface area contributed by atoms with Crippen molar-refractivity contribution in [2.75, 3.05) is 26.2 Å². The normalized spacial score (nSPS) is 15.3. The molecule has 2 aromatic carbocycles. The Morgan fingerprint density at radius 1 is 1.00 bits per heavy atom. The van der Waals surface area contributed by atoms with Crippen molar-refractivity contribution in [3.63, 3.8) is 0 Å². The standard InChI is InChI=1S/C27H33N5O3/c1-19(2)16-24(28-20(3)33)27(34)32-14-12-31(13-15-32)18-21-8-7-11-23(17-21)25-29-26(35-30-25)22-9-5-4-6-10-22/h4-11,17,19,24H,12-16,18H2,1-3H3,(H,28,33). The van der Waals surface area contributed by atoms with Crippen LogP contribution in [-0.4, -0.2) is 64.0 Å². The van der Waals surface area contributed by atoms with Gasteiger partial charge in [-0.15, -0.1) is 0 Å². The first kappa shape index (κ1) is 24.6. The van der Waals surface area contributed by atoms with Crippen molar-refractivity contribution in [3.05, 3.63) is 60.2 Å². The fraction of sp³-hybridized carbons (Fsp3) is 0.407. The SMILES string of the molecule is CC(=O)NC(CC(C)C)C(=O)N1CCN(Cc2cccc(-c3noc(-c4ccccc4)n3)c2)CC1. The lowest BCUT2D eigenvalue weighted by Gasteiger charge is -2.36. The molecule has 0 saturated carbocycles. The molecule has 1 unspecified atom stereocenters. The lowest BCUT2D eigenvalue weighted by atomic mass is 10.0. The highest BCUT2D eigenvalue weighted by atomic mass is 16.5. The first-order valence-corrected chi connectivity index (χ1v) is 12.2. The second kappa shape index (κ2) is 11.3. The van der Waals surface area contributed by atoms with Gasteiger partial charge in [-0.3, -0.25) is 14.5 Å². The molecule has 4 rings (SSSR count). The predicted molar refractivity (Wildman–Crippen MR) is 134 cm³/mol. The van der Waals surface area contributed by atoms with Crippen molar-refractivity contribution in [3.8, 4) is 22.8 Å². The third kappa shape index (κ3) is 6.54. The first-order chi connectivity index (χ1) is 16.9. The third-order valence-electron chi connectivity index (χ3n) is 6.10. The molecule has 2 amide bonds. The molecule has 1 aromatic heterocycles. The van der Waals surface area contributed by atoms with E-state index in [-0.39, 0.29) is 11.8 Å². The van der Waals surface area contributed by atoms with Crippen LogP contribution >= 0.6 is 0 Å². The van der Waals surface area contributed by atoms with Gasteiger partial charge in [-0.25, -0.2) is 0 Å². The summed E-state index contributed by atoms with van der Waals surface area (Å²) in [5.41, 5.74) is 2.96. The highest BCUT2D eigenvalue weighted by molar-refractivity contribution is 5.87. The predicted octanol–water partition coefficient (Wildman–Crippen LogP) is 3.60. The first-order valence-electron chi connectivity index (χ1n) is 12.2. The van der Waals surface area contributed by atoms with E-state index in [0.717, 1.165) is 36.3 Å². The van der Waals surface area contributed by atoms with Crippen molar-refractivity contribution in [1.82, 2.24) is 25.3 Å². The minimum atomic E-state index is -0.452. The van der Waals surface area contributed by atoms with E-state index in [4.69, 9.17) is 4.52 Å². The number of rotatable bonds is 8. The van der Waals surface area contributed by atoms with Gasteiger partial charge in [0.05, 0.1) is 0 Å². The molecular formula is C27H33N5O3. The number of nitrogens with zero attached hydrogens (tertiary/aromatic N) is 4. The Balaban J connectivity index is 1.35. The van der Waals surface area contributed by atoms with E-state index in [1.165, 1.54) is 6.92 Å². The average molecular weight is 476 g/mol. The largest absolute Gasteiger partial charge is 0.345 e. The molecule has 2 heterocycles. The molecule has 0 spiro atoms. The minimum Gasteiger partial charge on any atom is -0.345 e. The number of carbonyl (C=O) groups is 2. The topological polar surface area (TPSA) is 91.6 Å². The molecular weight excluding hydrogens is 442 g/mol. The summed E-state index contributed by atoms with van der Waals surface area (Å²) in [6.45, 7) is 9.23. The Morgan fingerprint density at radius 2 is 1.71 bits per heavy atom. The van der Waals surface area contributed by atoms with Crippen LogP contribution < -0.4 is 5.32 Å². The summed E-state index contributed by atoms with van der Waals surface area (Å²) in [7, 11) is 0. The molecule has 184 valence electrons. The van der Waals surface area contributed by atoms with E-state index in [1.807, 2.05) is 47.4 Å². The van der Waals surface area contributed by atoms with Crippen molar-refractivity contribution in [2.24, 2.45) is 5.92 Å². The van der Waals surface area contributed by atoms with Crippen LogP contribution in [0, 0.1) is 5.92 Å². The summed E-state index contributed by atoms with van der Waals surface area (Å²) in [6.07, 6.45) is 0.646. The van der Waals surface area contributed by atoms with Crippen LogP contribution in [0.2, 0.25) is 0 Å². The molecule has 1 saturated heterocycles. The van der Waals surface area contributed by atoms with Crippen molar-refractivity contribution < 1.29 is 14.1 Å².